The lowest BCUT2D eigenvalue weighted by Gasteiger charge is -2.72. The molecule has 0 aromatic carbocycles. The molecule has 1 aromatic rings. The summed E-state index contributed by atoms with van der Waals surface area (Å²) in [6.07, 6.45) is 10.9. The number of carbonyl (C=O) groups is 3. The third kappa shape index (κ3) is 6.01. The summed E-state index contributed by atoms with van der Waals surface area (Å²) in [6, 6.07) is 4.04. The number of carboxylic acids is 1. The minimum atomic E-state index is -1.16. The maximum absolute atomic E-state index is 14.1. The molecule has 2 N–H and O–H groups in total. The van der Waals surface area contributed by atoms with Crippen molar-refractivity contribution in [3.05, 3.63) is 41.2 Å². The zero-order valence-corrected chi connectivity index (χ0v) is 33.7. The van der Waals surface area contributed by atoms with E-state index in [4.69, 9.17) is 4.74 Å². The highest BCUT2D eigenvalue weighted by Gasteiger charge is 2.70. The van der Waals surface area contributed by atoms with E-state index in [0.717, 1.165) is 69.0 Å². The van der Waals surface area contributed by atoms with Crippen molar-refractivity contribution in [2.75, 3.05) is 13.6 Å². The average molecular weight is 719 g/mol. The van der Waals surface area contributed by atoms with E-state index in [-0.39, 0.29) is 51.8 Å². The number of fused-ring (bicyclic) bond motifs is 7. The van der Waals surface area contributed by atoms with E-state index >= 15 is 0 Å². The summed E-state index contributed by atoms with van der Waals surface area (Å²) in [7, 11) is 2.07. The number of rotatable bonds is 10. The molecular formula is C44H66N2O6. The first kappa shape index (κ1) is 39.1. The zero-order valence-electron chi connectivity index (χ0n) is 33.7. The Bertz CT molecular complexity index is 1600. The van der Waals surface area contributed by atoms with Crippen LogP contribution in [0.25, 0.3) is 0 Å². The highest BCUT2D eigenvalue weighted by Crippen LogP contribution is 2.77. The van der Waals surface area contributed by atoms with Crippen molar-refractivity contribution in [3.63, 3.8) is 0 Å². The molecule has 0 aliphatic heterocycles. The monoisotopic (exact) mass is 718 g/mol. The highest BCUT2D eigenvalue weighted by atomic mass is 16.5. The van der Waals surface area contributed by atoms with Crippen LogP contribution in [0.2, 0.25) is 0 Å². The molecule has 4 fully saturated rings. The van der Waals surface area contributed by atoms with Gasteiger partial charge in [-0.2, -0.15) is 0 Å². The van der Waals surface area contributed by atoms with Crippen molar-refractivity contribution in [2.24, 2.45) is 56.2 Å². The van der Waals surface area contributed by atoms with Crippen LogP contribution < -0.4 is 0 Å². The van der Waals surface area contributed by atoms with Gasteiger partial charge in [-0.25, -0.2) is 0 Å². The number of Topliss-reactive ketones (excluding diaryl/α,β-unsaturated/α-hetero) is 1. The Balaban J connectivity index is 1.27. The molecule has 9 atom stereocenters. The minimum Gasteiger partial charge on any atom is -0.481 e. The third-order valence-electron chi connectivity index (χ3n) is 16.2. The summed E-state index contributed by atoms with van der Waals surface area (Å²) >= 11 is 0. The fraction of sp³-hybridized carbons (Fsp3) is 0.773. The lowest BCUT2D eigenvalue weighted by molar-refractivity contribution is -0.235. The van der Waals surface area contributed by atoms with Gasteiger partial charge >= 0.3 is 11.9 Å². The van der Waals surface area contributed by atoms with Crippen molar-refractivity contribution in [1.82, 2.24) is 9.88 Å². The zero-order chi connectivity index (χ0) is 38.2. The molecule has 8 nitrogen and oxygen atoms in total. The predicted molar refractivity (Wildman–Crippen MR) is 202 cm³/mol. The summed E-state index contributed by atoms with van der Waals surface area (Å²) in [5, 5.41) is 21.9. The van der Waals surface area contributed by atoms with Crippen LogP contribution in [-0.2, 0) is 25.7 Å². The van der Waals surface area contributed by atoms with E-state index in [1.165, 1.54) is 5.57 Å². The number of nitrogens with zero attached hydrogens (tertiary/aromatic N) is 2. The summed E-state index contributed by atoms with van der Waals surface area (Å²) < 4.78 is 6.17. The molecule has 0 bridgehead atoms. The van der Waals surface area contributed by atoms with Crippen LogP contribution in [0.1, 0.15) is 132 Å². The fourth-order valence-corrected chi connectivity index (χ4v) is 13.2. The van der Waals surface area contributed by atoms with Crippen molar-refractivity contribution in [2.45, 2.75) is 145 Å². The largest absolute Gasteiger partial charge is 0.481 e. The smallest absolute Gasteiger partial charge is 0.309 e. The highest BCUT2D eigenvalue weighted by molar-refractivity contribution is 6.00. The average Bonchev–Trinajstić information content (AvgIpc) is 3.36. The van der Waals surface area contributed by atoms with Gasteiger partial charge in [0, 0.05) is 42.7 Å². The number of aliphatic hydroxyl groups is 1. The van der Waals surface area contributed by atoms with Gasteiger partial charge in [-0.3, -0.25) is 24.3 Å². The second-order valence-corrected chi connectivity index (χ2v) is 20.1. The molecule has 4 saturated carbocycles. The quantitative estimate of drug-likeness (QED) is 0.232. The van der Waals surface area contributed by atoms with Crippen LogP contribution in [0.4, 0.5) is 0 Å². The summed E-state index contributed by atoms with van der Waals surface area (Å²) in [5.74, 6) is 0.0782. The molecule has 0 spiro atoms. The first-order valence-electron chi connectivity index (χ1n) is 20.1. The van der Waals surface area contributed by atoms with Crippen LogP contribution in [0.15, 0.2) is 35.7 Å². The first-order valence-corrected chi connectivity index (χ1v) is 20.1. The molecule has 8 heteroatoms. The Kier molecular flexibility index (Phi) is 10.0. The second kappa shape index (κ2) is 13.3. The lowest BCUT2D eigenvalue weighted by atomic mass is 9.33. The molecule has 52 heavy (non-hydrogen) atoms. The minimum absolute atomic E-state index is 0.00791. The fourth-order valence-electron chi connectivity index (χ4n) is 13.2. The normalized spacial score (nSPS) is 37.6. The Hall–Kier alpha value is -2.58. The summed E-state index contributed by atoms with van der Waals surface area (Å²) in [5.41, 5.74) is 1.66. The Labute approximate surface area is 312 Å². The number of pyridine rings is 1. The number of ketones is 1. The van der Waals surface area contributed by atoms with E-state index in [1.54, 1.807) is 13.8 Å². The Morgan fingerprint density at radius 3 is 2.27 bits per heavy atom. The van der Waals surface area contributed by atoms with Crippen LogP contribution >= 0.6 is 0 Å². The predicted octanol–water partition coefficient (Wildman–Crippen LogP) is 8.27. The number of hydrogen-bond acceptors (Lipinski definition) is 7. The number of hydrogen-bond donors (Lipinski definition) is 2. The SMILES string of the molecule is CC(C)C1=C2[C@H]3CC[C@@H]4[C@@]5(C)CC[C@H](OC(=O)CC(C)(C)C(=O)O)C(C)(C)[C@H]5CC[C@@]4(C)[C@]3(C)CC[C@@]2([C@@H](O)CN(C)Cc2ccncc2)CC1=O. The first-order chi connectivity index (χ1) is 24.1. The van der Waals surface area contributed by atoms with E-state index in [0.29, 0.717) is 24.8 Å². The molecule has 0 radical (unpaired) electrons. The number of carboxylic acid groups (broad SMARTS) is 1. The number of aliphatic carboxylic acids is 1. The van der Waals surface area contributed by atoms with Gasteiger partial charge in [0.2, 0.25) is 0 Å². The van der Waals surface area contributed by atoms with Crippen LogP contribution in [-0.4, -0.2) is 63.6 Å². The third-order valence-corrected chi connectivity index (χ3v) is 16.2. The van der Waals surface area contributed by atoms with Gasteiger partial charge in [-0.1, -0.05) is 54.0 Å². The molecule has 1 heterocycles. The molecule has 5 aliphatic rings. The van der Waals surface area contributed by atoms with E-state index in [9.17, 15) is 24.6 Å². The molecule has 0 amide bonds. The van der Waals surface area contributed by atoms with Crippen molar-refractivity contribution >= 4 is 17.7 Å². The summed E-state index contributed by atoms with van der Waals surface area (Å²) in [4.78, 5) is 45.3. The maximum atomic E-state index is 14.1. The summed E-state index contributed by atoms with van der Waals surface area (Å²) in [6.45, 7) is 20.9. The number of likely N-dealkylation sites (N-methyl/N-ethyl adjacent to an activating group) is 1. The number of aliphatic hydroxyl groups excluding tert-OH is 1. The van der Waals surface area contributed by atoms with Gasteiger partial charge in [-0.15, -0.1) is 0 Å². The van der Waals surface area contributed by atoms with Gasteiger partial charge in [0.1, 0.15) is 6.10 Å². The van der Waals surface area contributed by atoms with Crippen LogP contribution in [0, 0.1) is 56.2 Å². The molecule has 6 rings (SSSR count). The van der Waals surface area contributed by atoms with Crippen molar-refractivity contribution in [3.8, 4) is 0 Å². The number of esters is 1. The number of aromatic nitrogens is 1. The van der Waals surface area contributed by atoms with Gasteiger partial charge in [-0.05, 0) is 135 Å². The number of ether oxygens (including phenoxy) is 1. The number of carbonyl (C=O) groups excluding carboxylic acids is 2. The van der Waals surface area contributed by atoms with Gasteiger partial charge in [0.15, 0.2) is 5.78 Å². The number of allylic oxidation sites excluding steroid dienone is 1. The van der Waals surface area contributed by atoms with E-state index < -0.39 is 28.9 Å². The van der Waals surface area contributed by atoms with Gasteiger partial charge in [0.05, 0.1) is 17.9 Å². The van der Waals surface area contributed by atoms with Gasteiger partial charge < -0.3 is 14.9 Å². The van der Waals surface area contributed by atoms with Crippen LogP contribution in [0.5, 0.6) is 0 Å². The molecule has 5 aliphatic carbocycles. The maximum Gasteiger partial charge on any atom is 0.309 e. The van der Waals surface area contributed by atoms with Crippen molar-refractivity contribution < 1.29 is 29.3 Å². The Morgan fingerprint density at radius 1 is 0.962 bits per heavy atom. The molecule has 0 saturated heterocycles. The van der Waals surface area contributed by atoms with E-state index in [1.807, 2.05) is 24.5 Å². The van der Waals surface area contributed by atoms with Crippen molar-refractivity contribution in [1.29, 1.82) is 0 Å². The molecular weight excluding hydrogens is 652 g/mol. The molecule has 1 aromatic heterocycles. The molecule has 288 valence electrons. The topological polar surface area (TPSA) is 117 Å². The lowest BCUT2D eigenvalue weighted by Crippen LogP contribution is -2.66. The van der Waals surface area contributed by atoms with Gasteiger partial charge in [0.25, 0.3) is 0 Å². The second-order valence-electron chi connectivity index (χ2n) is 20.1. The van der Waals surface area contributed by atoms with E-state index in [2.05, 4.69) is 65.4 Å². The Morgan fingerprint density at radius 2 is 1.63 bits per heavy atom. The standard InChI is InChI=1S/C44H66N2O6/c1-27(2)36-30(47)23-44(33(48)26-46(10)25-28-15-21-45-22-16-28)20-19-42(8)29(37(36)44)11-12-32-41(7)17-14-34(52-35(49)24-39(3,4)38(50)51)40(5,6)31(41)13-18-43(32,42)9/h15-16,21-22,27,29,31-34,48H,11-14,17-20,23-26H2,1-10H3,(H,50,51)/t29-,31-,32-,33+,34+,41+,42-,43-,44+/m1/s1. The molecule has 0 unspecified atom stereocenters. The van der Waals surface area contributed by atoms with Crippen LogP contribution in [0.3, 0.4) is 0 Å².